The molecule has 3 rings (SSSR count). The molecule has 0 aliphatic carbocycles. The molecule has 0 saturated heterocycles. The van der Waals surface area contributed by atoms with Crippen molar-refractivity contribution < 1.29 is 4.79 Å². The smallest absolute Gasteiger partial charge is 0.254 e. The number of carbonyl (C=O) groups is 1. The summed E-state index contributed by atoms with van der Waals surface area (Å²) in [5, 5.41) is 10.9. The van der Waals surface area contributed by atoms with Crippen molar-refractivity contribution in [2.75, 3.05) is 17.2 Å². The second kappa shape index (κ2) is 5.12. The normalized spacial score (nSPS) is 13.4. The van der Waals surface area contributed by atoms with Crippen molar-refractivity contribution in [1.82, 2.24) is 9.78 Å². The standard InChI is InChI=1S/C15H19N5O/c1-9-13(14(16)21)15(20(2)19-9)18-11-5-6-12-10(8-11)4-3-7-17-12/h5-6,8,17-18H,3-4,7H2,1-2H3,(H2,16,21). The molecule has 110 valence electrons. The number of nitrogens with zero attached hydrogens (tertiary/aromatic N) is 2. The van der Waals surface area contributed by atoms with Crippen molar-refractivity contribution in [3.05, 3.63) is 35.0 Å². The minimum atomic E-state index is -0.470. The molecule has 1 aromatic carbocycles. The molecule has 0 spiro atoms. The highest BCUT2D eigenvalue weighted by Crippen LogP contribution is 2.28. The molecule has 6 heteroatoms. The first-order valence-electron chi connectivity index (χ1n) is 7.03. The van der Waals surface area contributed by atoms with E-state index in [-0.39, 0.29) is 0 Å². The Morgan fingerprint density at radius 1 is 1.48 bits per heavy atom. The van der Waals surface area contributed by atoms with Crippen LogP contribution < -0.4 is 16.4 Å². The fourth-order valence-corrected chi connectivity index (χ4v) is 2.79. The van der Waals surface area contributed by atoms with Crippen LogP contribution in [0.1, 0.15) is 28.0 Å². The highest BCUT2D eigenvalue weighted by atomic mass is 16.1. The monoisotopic (exact) mass is 285 g/mol. The predicted octanol–water partition coefficient (Wildman–Crippen LogP) is 1.93. The average molecular weight is 285 g/mol. The Morgan fingerprint density at radius 3 is 3.05 bits per heavy atom. The minimum absolute atomic E-state index is 0.438. The first kappa shape index (κ1) is 13.5. The Kier molecular flexibility index (Phi) is 3.29. The summed E-state index contributed by atoms with van der Waals surface area (Å²) in [6.07, 6.45) is 2.19. The van der Waals surface area contributed by atoms with E-state index in [2.05, 4.69) is 27.9 Å². The van der Waals surface area contributed by atoms with Gasteiger partial charge in [0.05, 0.1) is 5.69 Å². The van der Waals surface area contributed by atoms with Crippen molar-refractivity contribution >= 4 is 23.1 Å². The molecule has 0 saturated carbocycles. The molecule has 1 amide bonds. The van der Waals surface area contributed by atoms with E-state index >= 15 is 0 Å². The third-order valence-electron chi connectivity index (χ3n) is 3.77. The van der Waals surface area contributed by atoms with Crippen LogP contribution in [0.15, 0.2) is 18.2 Å². The summed E-state index contributed by atoms with van der Waals surface area (Å²) in [6, 6.07) is 6.16. The number of primary amides is 1. The van der Waals surface area contributed by atoms with E-state index in [1.54, 1.807) is 18.7 Å². The van der Waals surface area contributed by atoms with Crippen molar-refractivity contribution in [2.24, 2.45) is 12.8 Å². The number of hydrogen-bond acceptors (Lipinski definition) is 4. The fourth-order valence-electron chi connectivity index (χ4n) is 2.79. The summed E-state index contributed by atoms with van der Waals surface area (Å²) in [7, 11) is 1.79. The number of rotatable bonds is 3. The van der Waals surface area contributed by atoms with Crippen LogP contribution in [0, 0.1) is 6.92 Å². The Bertz CT molecular complexity index is 704. The van der Waals surface area contributed by atoms with Crippen LogP contribution in [0.25, 0.3) is 0 Å². The zero-order chi connectivity index (χ0) is 15.0. The van der Waals surface area contributed by atoms with Crippen LogP contribution in [0.2, 0.25) is 0 Å². The number of benzene rings is 1. The highest BCUT2D eigenvalue weighted by Gasteiger charge is 2.18. The minimum Gasteiger partial charge on any atom is -0.385 e. The van der Waals surface area contributed by atoms with Gasteiger partial charge in [0.15, 0.2) is 0 Å². The van der Waals surface area contributed by atoms with Crippen LogP contribution in [-0.4, -0.2) is 22.2 Å². The molecule has 2 aromatic rings. The van der Waals surface area contributed by atoms with Gasteiger partial charge < -0.3 is 16.4 Å². The maximum absolute atomic E-state index is 11.6. The lowest BCUT2D eigenvalue weighted by molar-refractivity contribution is 0.100. The summed E-state index contributed by atoms with van der Waals surface area (Å²) >= 11 is 0. The number of hydrogen-bond donors (Lipinski definition) is 3. The molecule has 0 fully saturated rings. The van der Waals surface area contributed by atoms with Gasteiger partial charge in [0, 0.05) is 25.0 Å². The van der Waals surface area contributed by atoms with Crippen molar-refractivity contribution in [2.45, 2.75) is 19.8 Å². The van der Waals surface area contributed by atoms with Crippen LogP contribution >= 0.6 is 0 Å². The number of fused-ring (bicyclic) bond motifs is 1. The summed E-state index contributed by atoms with van der Waals surface area (Å²) in [6.45, 7) is 2.80. The van der Waals surface area contributed by atoms with Gasteiger partial charge in [-0.3, -0.25) is 9.48 Å². The largest absolute Gasteiger partial charge is 0.385 e. The molecule has 4 N–H and O–H groups in total. The number of anilines is 3. The molecule has 0 atom stereocenters. The topological polar surface area (TPSA) is 85.0 Å². The van der Waals surface area contributed by atoms with Crippen LogP contribution in [-0.2, 0) is 13.5 Å². The molecule has 21 heavy (non-hydrogen) atoms. The molecule has 0 radical (unpaired) electrons. The van der Waals surface area contributed by atoms with Gasteiger partial charge in [0.1, 0.15) is 11.4 Å². The Balaban J connectivity index is 1.95. The first-order valence-corrected chi connectivity index (χ1v) is 7.03. The van der Waals surface area contributed by atoms with Gasteiger partial charge in [0.2, 0.25) is 0 Å². The van der Waals surface area contributed by atoms with Gasteiger partial charge in [-0.05, 0) is 43.5 Å². The number of nitrogens with two attached hydrogens (primary N) is 1. The van der Waals surface area contributed by atoms with Crippen molar-refractivity contribution in [3.8, 4) is 0 Å². The zero-order valence-corrected chi connectivity index (χ0v) is 12.2. The third-order valence-corrected chi connectivity index (χ3v) is 3.77. The maximum Gasteiger partial charge on any atom is 0.254 e. The Labute approximate surface area is 123 Å². The molecule has 1 aliphatic heterocycles. The highest BCUT2D eigenvalue weighted by molar-refractivity contribution is 5.99. The Morgan fingerprint density at radius 2 is 2.29 bits per heavy atom. The van der Waals surface area contributed by atoms with E-state index in [1.165, 1.54) is 11.3 Å². The van der Waals surface area contributed by atoms with E-state index in [1.807, 2.05) is 6.07 Å². The lowest BCUT2D eigenvalue weighted by Crippen LogP contribution is -2.15. The number of nitrogens with one attached hydrogen (secondary N) is 2. The van der Waals surface area contributed by atoms with Gasteiger partial charge in [-0.2, -0.15) is 5.10 Å². The lowest BCUT2D eigenvalue weighted by Gasteiger charge is -2.19. The van der Waals surface area contributed by atoms with Gasteiger partial charge in [0.25, 0.3) is 5.91 Å². The summed E-state index contributed by atoms with van der Waals surface area (Å²) in [4.78, 5) is 11.6. The summed E-state index contributed by atoms with van der Waals surface area (Å²) in [5.41, 5.74) is 9.92. The van der Waals surface area contributed by atoms with Crippen molar-refractivity contribution in [3.63, 3.8) is 0 Å². The van der Waals surface area contributed by atoms with Crippen molar-refractivity contribution in [1.29, 1.82) is 0 Å². The number of aromatic nitrogens is 2. The Hall–Kier alpha value is -2.50. The number of aryl methyl sites for hydroxylation is 3. The van der Waals surface area contributed by atoms with Gasteiger partial charge >= 0.3 is 0 Å². The van der Waals surface area contributed by atoms with Crippen LogP contribution in [0.4, 0.5) is 17.2 Å². The van der Waals surface area contributed by atoms with Gasteiger partial charge in [-0.25, -0.2) is 0 Å². The SMILES string of the molecule is Cc1nn(C)c(Nc2ccc3c(c2)CCCN3)c1C(N)=O. The van der Waals surface area contributed by atoms with Gasteiger partial charge in [-0.1, -0.05) is 0 Å². The summed E-state index contributed by atoms with van der Waals surface area (Å²) < 4.78 is 1.65. The van der Waals surface area contributed by atoms with E-state index in [4.69, 9.17) is 5.73 Å². The van der Waals surface area contributed by atoms with E-state index in [0.29, 0.717) is 17.1 Å². The quantitative estimate of drug-likeness (QED) is 0.804. The summed E-state index contributed by atoms with van der Waals surface area (Å²) in [5.74, 6) is 0.159. The molecule has 2 heterocycles. The second-order valence-corrected chi connectivity index (χ2v) is 5.32. The van der Waals surface area contributed by atoms with Crippen LogP contribution in [0.5, 0.6) is 0 Å². The van der Waals surface area contributed by atoms with E-state index in [0.717, 1.165) is 25.1 Å². The molecular formula is C15H19N5O. The molecule has 0 bridgehead atoms. The average Bonchev–Trinajstić information content (AvgIpc) is 2.73. The van der Waals surface area contributed by atoms with E-state index in [9.17, 15) is 4.79 Å². The van der Waals surface area contributed by atoms with E-state index < -0.39 is 5.91 Å². The molecule has 1 aliphatic rings. The number of carbonyl (C=O) groups excluding carboxylic acids is 1. The van der Waals surface area contributed by atoms with Crippen LogP contribution in [0.3, 0.4) is 0 Å². The third kappa shape index (κ3) is 2.44. The predicted molar refractivity (Wildman–Crippen MR) is 83.0 cm³/mol. The second-order valence-electron chi connectivity index (χ2n) is 5.32. The van der Waals surface area contributed by atoms with Gasteiger partial charge in [-0.15, -0.1) is 0 Å². The lowest BCUT2D eigenvalue weighted by atomic mass is 10.0. The molecule has 1 aromatic heterocycles. The maximum atomic E-state index is 11.6. The molecule has 0 unspecified atom stereocenters. The zero-order valence-electron chi connectivity index (χ0n) is 12.2. The fraction of sp³-hybridized carbons (Fsp3) is 0.333. The molecule has 6 nitrogen and oxygen atoms in total. The number of amides is 1. The first-order chi connectivity index (χ1) is 10.1. The molecular weight excluding hydrogens is 266 g/mol.